The summed E-state index contributed by atoms with van der Waals surface area (Å²) in [4.78, 5) is 16.9. The van der Waals surface area contributed by atoms with Gasteiger partial charge in [0.05, 0.1) is 23.4 Å². The number of aryl methyl sites for hydroxylation is 2. The monoisotopic (exact) mass is 383 g/mol. The molecule has 6 heteroatoms. The van der Waals surface area contributed by atoms with E-state index in [9.17, 15) is 4.79 Å². The fourth-order valence-corrected chi connectivity index (χ4v) is 3.86. The number of fused-ring (bicyclic) bond motifs is 1. The summed E-state index contributed by atoms with van der Waals surface area (Å²) < 4.78 is 7.27. The number of rotatable bonds is 9. The Labute approximate surface area is 164 Å². The number of para-hydroxylation sites is 2. The number of ether oxygens (including phenoxy) is 1. The Morgan fingerprint density at radius 3 is 2.70 bits per heavy atom. The predicted molar refractivity (Wildman–Crippen MR) is 110 cm³/mol. The highest BCUT2D eigenvalue weighted by atomic mass is 32.2. The molecule has 27 heavy (non-hydrogen) atoms. The minimum Gasteiger partial charge on any atom is -0.383 e. The summed E-state index contributed by atoms with van der Waals surface area (Å²) in [5, 5.41) is 3.82. The average Bonchev–Trinajstić information content (AvgIpc) is 3.03. The van der Waals surface area contributed by atoms with Crippen LogP contribution in [-0.4, -0.2) is 41.0 Å². The number of carbonyl (C=O) groups excluding carboxylic acids is 1. The normalized spacial score (nSPS) is 12.2. The van der Waals surface area contributed by atoms with E-state index in [1.54, 1.807) is 7.11 Å². The van der Waals surface area contributed by atoms with Crippen molar-refractivity contribution >= 4 is 28.7 Å². The molecule has 1 heterocycles. The molecule has 3 aromatic rings. The van der Waals surface area contributed by atoms with Gasteiger partial charge in [0, 0.05) is 19.7 Å². The van der Waals surface area contributed by atoms with Crippen LogP contribution in [0.15, 0.2) is 59.8 Å². The molecular weight excluding hydrogens is 358 g/mol. The van der Waals surface area contributed by atoms with Gasteiger partial charge < -0.3 is 14.6 Å². The molecule has 0 saturated heterocycles. The minimum atomic E-state index is -0.00813. The van der Waals surface area contributed by atoms with E-state index in [0.29, 0.717) is 12.4 Å². The number of nitrogens with one attached hydrogen (secondary N) is 1. The van der Waals surface area contributed by atoms with E-state index in [4.69, 9.17) is 9.72 Å². The van der Waals surface area contributed by atoms with Crippen LogP contribution in [0.5, 0.6) is 0 Å². The van der Waals surface area contributed by atoms with E-state index < -0.39 is 0 Å². The first-order valence-electron chi connectivity index (χ1n) is 9.07. The largest absolute Gasteiger partial charge is 0.383 e. The molecule has 3 rings (SSSR count). The van der Waals surface area contributed by atoms with Crippen LogP contribution < -0.4 is 5.32 Å². The lowest BCUT2D eigenvalue weighted by atomic mass is 10.1. The van der Waals surface area contributed by atoms with Gasteiger partial charge in [-0.15, -0.1) is 0 Å². The average molecular weight is 384 g/mol. The third kappa shape index (κ3) is 5.34. The number of hydrogen-bond acceptors (Lipinski definition) is 4. The summed E-state index contributed by atoms with van der Waals surface area (Å²) in [5.74, 6) is 0.328. The molecule has 1 N–H and O–H groups in total. The van der Waals surface area contributed by atoms with E-state index in [-0.39, 0.29) is 11.9 Å². The van der Waals surface area contributed by atoms with Crippen molar-refractivity contribution in [3.63, 3.8) is 0 Å². The Kier molecular flexibility index (Phi) is 6.90. The molecule has 1 aromatic heterocycles. The second kappa shape index (κ2) is 9.58. The summed E-state index contributed by atoms with van der Waals surface area (Å²) in [6.07, 6.45) is 0.922. The SMILES string of the molecule is COC[C@@H](C)NC(=O)CSc1nc2ccccc2n1CCc1ccccc1. The first-order valence-corrected chi connectivity index (χ1v) is 10.1. The van der Waals surface area contributed by atoms with Crippen LogP contribution in [0.25, 0.3) is 11.0 Å². The van der Waals surface area contributed by atoms with Crippen LogP contribution >= 0.6 is 11.8 Å². The minimum absolute atomic E-state index is 0.00000209. The molecule has 0 saturated carbocycles. The molecule has 0 bridgehead atoms. The lowest BCUT2D eigenvalue weighted by Crippen LogP contribution is -2.36. The number of thioether (sulfide) groups is 1. The highest BCUT2D eigenvalue weighted by Crippen LogP contribution is 2.24. The van der Waals surface area contributed by atoms with Gasteiger partial charge in [0.15, 0.2) is 5.16 Å². The second-order valence-corrected chi connectivity index (χ2v) is 7.43. The maximum absolute atomic E-state index is 12.2. The van der Waals surface area contributed by atoms with Crippen molar-refractivity contribution in [3.05, 3.63) is 60.2 Å². The summed E-state index contributed by atoms with van der Waals surface area (Å²) in [6, 6.07) is 18.5. The van der Waals surface area contributed by atoms with Crippen LogP contribution in [-0.2, 0) is 22.5 Å². The van der Waals surface area contributed by atoms with Crippen molar-refractivity contribution in [2.24, 2.45) is 0 Å². The molecule has 0 aliphatic rings. The number of aromatic nitrogens is 2. The van der Waals surface area contributed by atoms with E-state index in [2.05, 4.69) is 40.2 Å². The predicted octanol–water partition coefficient (Wildman–Crippen LogP) is 3.52. The summed E-state index contributed by atoms with van der Waals surface area (Å²) in [7, 11) is 1.63. The Hall–Kier alpha value is -2.31. The van der Waals surface area contributed by atoms with Gasteiger partial charge in [0.1, 0.15) is 0 Å². The zero-order valence-corrected chi connectivity index (χ0v) is 16.5. The molecule has 1 amide bonds. The van der Waals surface area contributed by atoms with Crippen LogP contribution in [0.2, 0.25) is 0 Å². The smallest absolute Gasteiger partial charge is 0.230 e. The quantitative estimate of drug-likeness (QED) is 0.575. The molecule has 0 aliphatic carbocycles. The van der Waals surface area contributed by atoms with Crippen LogP contribution in [0, 0.1) is 0 Å². The Bertz CT molecular complexity index is 880. The van der Waals surface area contributed by atoms with Gasteiger partial charge >= 0.3 is 0 Å². The van der Waals surface area contributed by atoms with Gasteiger partial charge in [0.25, 0.3) is 0 Å². The topological polar surface area (TPSA) is 56.1 Å². The third-order valence-corrected chi connectivity index (χ3v) is 5.22. The highest BCUT2D eigenvalue weighted by molar-refractivity contribution is 7.99. The molecule has 5 nitrogen and oxygen atoms in total. The Balaban J connectivity index is 1.71. The maximum Gasteiger partial charge on any atom is 0.230 e. The van der Waals surface area contributed by atoms with Crippen molar-refractivity contribution in [2.45, 2.75) is 31.1 Å². The third-order valence-electron chi connectivity index (χ3n) is 4.24. The van der Waals surface area contributed by atoms with Crippen molar-refractivity contribution in [3.8, 4) is 0 Å². The summed E-state index contributed by atoms with van der Waals surface area (Å²) >= 11 is 1.48. The second-order valence-electron chi connectivity index (χ2n) is 6.48. The van der Waals surface area contributed by atoms with Gasteiger partial charge in [-0.05, 0) is 31.0 Å². The van der Waals surface area contributed by atoms with Gasteiger partial charge in [-0.25, -0.2) is 4.98 Å². The van der Waals surface area contributed by atoms with Crippen molar-refractivity contribution < 1.29 is 9.53 Å². The molecular formula is C21H25N3O2S. The van der Waals surface area contributed by atoms with Crippen LogP contribution in [0.1, 0.15) is 12.5 Å². The molecule has 0 unspecified atom stereocenters. The number of methoxy groups -OCH3 is 1. The molecule has 142 valence electrons. The standard InChI is InChI=1S/C21H25N3O2S/c1-16(14-26-2)22-20(25)15-27-21-23-18-10-6-7-11-19(18)24(21)13-12-17-8-4-3-5-9-17/h3-11,16H,12-15H2,1-2H3,(H,22,25)/t16-/m1/s1. The van der Waals surface area contributed by atoms with Crippen molar-refractivity contribution in [1.82, 2.24) is 14.9 Å². The number of hydrogen-bond donors (Lipinski definition) is 1. The van der Waals surface area contributed by atoms with E-state index in [0.717, 1.165) is 29.2 Å². The first-order chi connectivity index (χ1) is 13.2. The summed E-state index contributed by atoms with van der Waals surface area (Å²) in [6.45, 7) is 3.27. The maximum atomic E-state index is 12.2. The first kappa shape index (κ1) is 19.5. The zero-order chi connectivity index (χ0) is 19.1. The van der Waals surface area contributed by atoms with Crippen molar-refractivity contribution in [1.29, 1.82) is 0 Å². The van der Waals surface area contributed by atoms with Gasteiger partial charge in [-0.2, -0.15) is 0 Å². The highest BCUT2D eigenvalue weighted by Gasteiger charge is 2.14. The molecule has 0 radical (unpaired) electrons. The van der Waals surface area contributed by atoms with E-state index in [1.807, 2.05) is 31.2 Å². The number of amides is 1. The molecule has 0 fully saturated rings. The molecule has 0 aliphatic heterocycles. The van der Waals surface area contributed by atoms with Gasteiger partial charge in [0.2, 0.25) is 5.91 Å². The lowest BCUT2D eigenvalue weighted by molar-refractivity contribution is -0.119. The lowest BCUT2D eigenvalue weighted by Gasteiger charge is -2.13. The van der Waals surface area contributed by atoms with Crippen molar-refractivity contribution in [2.75, 3.05) is 19.5 Å². The van der Waals surface area contributed by atoms with Gasteiger partial charge in [-0.1, -0.05) is 54.2 Å². The fraction of sp³-hybridized carbons (Fsp3) is 0.333. The number of carbonyl (C=O) groups is 1. The zero-order valence-electron chi connectivity index (χ0n) is 15.7. The Morgan fingerprint density at radius 2 is 1.93 bits per heavy atom. The van der Waals surface area contributed by atoms with E-state index in [1.165, 1.54) is 17.3 Å². The number of nitrogens with zero attached hydrogens (tertiary/aromatic N) is 2. The molecule has 2 aromatic carbocycles. The number of benzene rings is 2. The molecule has 1 atom stereocenters. The van der Waals surface area contributed by atoms with E-state index >= 15 is 0 Å². The van der Waals surface area contributed by atoms with Crippen LogP contribution in [0.3, 0.4) is 0 Å². The Morgan fingerprint density at radius 1 is 1.19 bits per heavy atom. The number of imidazole rings is 1. The fourth-order valence-electron chi connectivity index (χ4n) is 3.00. The van der Waals surface area contributed by atoms with Crippen LogP contribution in [0.4, 0.5) is 0 Å². The molecule has 0 spiro atoms. The van der Waals surface area contributed by atoms with Gasteiger partial charge in [-0.3, -0.25) is 4.79 Å². The summed E-state index contributed by atoms with van der Waals surface area (Å²) in [5.41, 5.74) is 3.35.